The molecule has 2 N–H and O–H groups in total. The molecule has 0 fully saturated rings. The smallest absolute Gasteiger partial charge is 0.338 e. The van der Waals surface area contributed by atoms with E-state index in [0.717, 1.165) is 6.07 Å². The first-order valence-corrected chi connectivity index (χ1v) is 8.80. The van der Waals surface area contributed by atoms with Crippen LogP contribution in [0.1, 0.15) is 34.6 Å². The lowest BCUT2D eigenvalue weighted by atomic mass is 10.2. The third kappa shape index (κ3) is 6.71. The van der Waals surface area contributed by atoms with Crippen molar-refractivity contribution in [3.63, 3.8) is 0 Å². The summed E-state index contributed by atoms with van der Waals surface area (Å²) in [4.78, 5) is 32.3. The zero-order chi connectivity index (χ0) is 21.3. The van der Waals surface area contributed by atoms with Crippen molar-refractivity contribution >= 4 is 46.5 Å². The summed E-state index contributed by atoms with van der Waals surface area (Å²) in [6.07, 6.45) is 0. The molecule has 0 aliphatic heterocycles. The Bertz CT molecular complexity index is 873. The van der Waals surface area contributed by atoms with Gasteiger partial charge in [-0.05, 0) is 44.2 Å². The van der Waals surface area contributed by atoms with Crippen LogP contribution in [0.2, 0.25) is 10.0 Å². The molecule has 0 bridgehead atoms. The molecule has 0 unspecified atom stereocenters. The summed E-state index contributed by atoms with van der Waals surface area (Å²) in [5.74, 6) is -0.983. The standard InChI is InChI=1S/C9H8ClNO4.C9H10ClNO2/c1-2-15-9(12)6-3-4-7(10)8(5-6)11(13)14;1-2-13-9(12)6-3-4-7(10)8(11)5-6/h3-5H,2H2,1H3;3-5H,2,11H2,1H3. The highest BCUT2D eigenvalue weighted by Crippen LogP contribution is 2.25. The molecule has 0 spiro atoms. The molecule has 2 aromatic rings. The van der Waals surface area contributed by atoms with Gasteiger partial charge in [0.15, 0.2) is 0 Å². The van der Waals surface area contributed by atoms with E-state index in [1.165, 1.54) is 18.2 Å². The number of benzene rings is 2. The second-order valence-corrected chi connectivity index (χ2v) is 5.91. The molecule has 0 saturated heterocycles. The molecule has 2 rings (SSSR count). The number of anilines is 1. The van der Waals surface area contributed by atoms with E-state index in [2.05, 4.69) is 0 Å². The van der Waals surface area contributed by atoms with Gasteiger partial charge < -0.3 is 15.2 Å². The van der Waals surface area contributed by atoms with Gasteiger partial charge in [-0.2, -0.15) is 0 Å². The molecule has 0 radical (unpaired) electrons. The number of halogens is 2. The average molecular weight is 429 g/mol. The fourth-order valence-corrected chi connectivity index (χ4v) is 2.18. The van der Waals surface area contributed by atoms with Crippen molar-refractivity contribution in [1.82, 2.24) is 0 Å². The van der Waals surface area contributed by atoms with Crippen LogP contribution in [0.4, 0.5) is 11.4 Å². The third-order valence-corrected chi connectivity index (χ3v) is 3.82. The molecule has 0 amide bonds. The number of rotatable bonds is 5. The van der Waals surface area contributed by atoms with Crippen molar-refractivity contribution in [2.24, 2.45) is 0 Å². The Morgan fingerprint density at radius 2 is 1.43 bits per heavy atom. The van der Waals surface area contributed by atoms with Gasteiger partial charge in [0.1, 0.15) is 5.02 Å². The molecular formula is C18H18Cl2N2O6. The molecule has 10 heteroatoms. The van der Waals surface area contributed by atoms with E-state index in [1.54, 1.807) is 26.0 Å². The fourth-order valence-electron chi connectivity index (χ4n) is 1.88. The summed E-state index contributed by atoms with van der Waals surface area (Å²) in [6.45, 7) is 3.97. The van der Waals surface area contributed by atoms with Gasteiger partial charge in [0, 0.05) is 6.07 Å². The monoisotopic (exact) mass is 428 g/mol. The molecule has 0 atom stereocenters. The number of ether oxygens (including phenoxy) is 2. The minimum absolute atomic E-state index is 0.00644. The lowest BCUT2D eigenvalue weighted by molar-refractivity contribution is -0.384. The highest BCUT2D eigenvalue weighted by molar-refractivity contribution is 6.33. The van der Waals surface area contributed by atoms with Crippen LogP contribution in [-0.2, 0) is 9.47 Å². The molecule has 0 saturated carbocycles. The predicted molar refractivity (Wildman–Crippen MR) is 106 cm³/mol. The maximum Gasteiger partial charge on any atom is 0.338 e. The molecule has 28 heavy (non-hydrogen) atoms. The van der Waals surface area contributed by atoms with Crippen molar-refractivity contribution < 1.29 is 24.0 Å². The second kappa shape index (κ2) is 11.1. The number of carbonyl (C=O) groups is 2. The van der Waals surface area contributed by atoms with Crippen LogP contribution in [-0.4, -0.2) is 30.1 Å². The van der Waals surface area contributed by atoms with Gasteiger partial charge >= 0.3 is 11.9 Å². The highest BCUT2D eigenvalue weighted by Gasteiger charge is 2.16. The largest absolute Gasteiger partial charge is 0.462 e. The Morgan fingerprint density at radius 3 is 1.86 bits per heavy atom. The van der Waals surface area contributed by atoms with Crippen molar-refractivity contribution in [1.29, 1.82) is 0 Å². The third-order valence-electron chi connectivity index (χ3n) is 3.16. The Labute approximate surface area is 171 Å². The molecular weight excluding hydrogens is 411 g/mol. The van der Waals surface area contributed by atoms with Crippen LogP contribution in [0, 0.1) is 10.1 Å². The van der Waals surface area contributed by atoms with Gasteiger partial charge in [0.2, 0.25) is 0 Å². The Morgan fingerprint density at radius 1 is 0.964 bits per heavy atom. The zero-order valence-corrected chi connectivity index (χ0v) is 16.6. The van der Waals surface area contributed by atoms with Crippen LogP contribution < -0.4 is 5.73 Å². The molecule has 150 valence electrons. The van der Waals surface area contributed by atoms with Crippen molar-refractivity contribution in [2.75, 3.05) is 18.9 Å². The number of hydrogen-bond acceptors (Lipinski definition) is 7. The summed E-state index contributed by atoms with van der Waals surface area (Å²) in [5.41, 5.74) is 6.13. The summed E-state index contributed by atoms with van der Waals surface area (Å²) < 4.78 is 9.48. The van der Waals surface area contributed by atoms with Crippen LogP contribution in [0.3, 0.4) is 0 Å². The first-order chi connectivity index (χ1) is 13.2. The van der Waals surface area contributed by atoms with E-state index >= 15 is 0 Å². The zero-order valence-electron chi connectivity index (χ0n) is 15.1. The van der Waals surface area contributed by atoms with Gasteiger partial charge in [-0.25, -0.2) is 9.59 Å². The fraction of sp³-hybridized carbons (Fsp3) is 0.222. The SMILES string of the molecule is CCOC(=O)c1ccc(Cl)c(N)c1.CCOC(=O)c1ccc(Cl)c([N+](=O)[O-])c1. The minimum atomic E-state index is -0.648. The van der Waals surface area contributed by atoms with Gasteiger partial charge in [0.25, 0.3) is 5.69 Å². The van der Waals surface area contributed by atoms with Crippen LogP contribution in [0.25, 0.3) is 0 Å². The maximum absolute atomic E-state index is 11.2. The van der Waals surface area contributed by atoms with E-state index in [4.69, 9.17) is 38.4 Å². The Hall–Kier alpha value is -2.84. The van der Waals surface area contributed by atoms with Crippen LogP contribution in [0.5, 0.6) is 0 Å². The van der Waals surface area contributed by atoms with Crippen molar-refractivity contribution in [3.8, 4) is 0 Å². The number of nitrogens with two attached hydrogens (primary N) is 1. The van der Waals surface area contributed by atoms with E-state index in [9.17, 15) is 19.7 Å². The number of hydrogen-bond donors (Lipinski definition) is 1. The Kier molecular flexibility index (Phi) is 9.20. The summed E-state index contributed by atoms with van der Waals surface area (Å²) >= 11 is 11.3. The van der Waals surface area contributed by atoms with Gasteiger partial charge in [-0.1, -0.05) is 23.2 Å². The Balaban J connectivity index is 0.000000283. The van der Waals surface area contributed by atoms with E-state index in [1.807, 2.05) is 0 Å². The molecule has 0 aliphatic carbocycles. The molecule has 0 aliphatic rings. The summed E-state index contributed by atoms with van der Waals surface area (Å²) in [5, 5.41) is 11.0. The number of nitrogen functional groups attached to an aromatic ring is 1. The van der Waals surface area contributed by atoms with Gasteiger partial charge in [-0.15, -0.1) is 0 Å². The first kappa shape index (κ1) is 23.2. The maximum atomic E-state index is 11.2. The first-order valence-electron chi connectivity index (χ1n) is 8.04. The van der Waals surface area contributed by atoms with E-state index < -0.39 is 10.9 Å². The quantitative estimate of drug-likeness (QED) is 0.321. The lowest BCUT2D eigenvalue weighted by Crippen LogP contribution is -2.05. The molecule has 8 nitrogen and oxygen atoms in total. The number of nitro groups is 1. The van der Waals surface area contributed by atoms with Crippen LogP contribution in [0.15, 0.2) is 36.4 Å². The lowest BCUT2D eigenvalue weighted by Gasteiger charge is -2.03. The average Bonchev–Trinajstić information content (AvgIpc) is 2.65. The molecule has 0 aromatic heterocycles. The number of carbonyl (C=O) groups excluding carboxylic acids is 2. The van der Waals surface area contributed by atoms with E-state index in [-0.39, 0.29) is 28.8 Å². The number of nitrogens with zero attached hydrogens (tertiary/aromatic N) is 1. The summed E-state index contributed by atoms with van der Waals surface area (Å²) in [7, 11) is 0. The number of nitro benzene ring substituents is 1. The molecule has 0 heterocycles. The summed E-state index contributed by atoms with van der Waals surface area (Å²) in [6, 6.07) is 8.43. The van der Waals surface area contributed by atoms with Gasteiger partial charge in [0.05, 0.1) is 40.0 Å². The predicted octanol–water partition coefficient (Wildman–Crippen LogP) is 4.52. The molecule has 2 aromatic carbocycles. The minimum Gasteiger partial charge on any atom is -0.462 e. The normalized spacial score (nSPS) is 9.71. The second-order valence-electron chi connectivity index (χ2n) is 5.10. The van der Waals surface area contributed by atoms with Crippen molar-refractivity contribution in [3.05, 3.63) is 67.7 Å². The van der Waals surface area contributed by atoms with E-state index in [0.29, 0.717) is 22.9 Å². The number of esters is 2. The van der Waals surface area contributed by atoms with Crippen LogP contribution >= 0.6 is 23.2 Å². The highest BCUT2D eigenvalue weighted by atomic mass is 35.5. The topological polar surface area (TPSA) is 122 Å². The van der Waals surface area contributed by atoms with Crippen molar-refractivity contribution in [2.45, 2.75) is 13.8 Å². The van der Waals surface area contributed by atoms with Gasteiger partial charge in [-0.3, -0.25) is 10.1 Å².